The lowest BCUT2D eigenvalue weighted by Gasteiger charge is -2.28. The number of nitrogens with one attached hydrogen (secondary N) is 1. The summed E-state index contributed by atoms with van der Waals surface area (Å²) in [5.74, 6) is 0.468. The van der Waals surface area contributed by atoms with Crippen LogP contribution < -0.4 is 5.32 Å². The van der Waals surface area contributed by atoms with Crippen LogP contribution in [0.15, 0.2) is 0 Å². The first-order valence-corrected chi connectivity index (χ1v) is 5.59. The summed E-state index contributed by atoms with van der Waals surface area (Å²) in [4.78, 5) is 10.6. The number of rotatable bonds is 3. The van der Waals surface area contributed by atoms with E-state index in [4.69, 9.17) is 0 Å². The lowest BCUT2D eigenvalue weighted by atomic mass is 9.88. The van der Waals surface area contributed by atoms with Gasteiger partial charge in [-0.25, -0.2) is 4.68 Å². The quantitative estimate of drug-likeness (QED) is 0.650. The molecule has 0 aliphatic carbocycles. The third kappa shape index (κ3) is 2.75. The van der Waals surface area contributed by atoms with Gasteiger partial charge in [0.2, 0.25) is 5.82 Å². The number of hydrogen-bond donors (Lipinski definition) is 1. The predicted molar refractivity (Wildman–Crippen MR) is 67.1 cm³/mol. The number of hydrogen-bond acceptors (Lipinski definition) is 4. The molecule has 1 rings (SSSR count). The van der Waals surface area contributed by atoms with Crippen LogP contribution in [-0.2, 0) is 7.05 Å². The molecular weight excluding hydrogens is 220 g/mol. The van der Waals surface area contributed by atoms with Gasteiger partial charge in [0, 0.05) is 13.1 Å². The minimum atomic E-state index is -0.389. The van der Waals surface area contributed by atoms with Crippen molar-refractivity contribution >= 4 is 11.5 Å². The zero-order chi connectivity index (χ0) is 13.4. The maximum absolute atomic E-state index is 11.0. The molecule has 0 amide bonds. The minimum Gasteiger partial charge on any atom is -0.362 e. The Labute approximate surface area is 101 Å². The van der Waals surface area contributed by atoms with Crippen LogP contribution in [0.25, 0.3) is 0 Å². The molecule has 0 aromatic carbocycles. The molecule has 0 spiro atoms. The lowest BCUT2D eigenvalue weighted by molar-refractivity contribution is -0.384. The van der Waals surface area contributed by atoms with Gasteiger partial charge in [-0.3, -0.25) is 10.1 Å². The Morgan fingerprint density at radius 2 is 2.00 bits per heavy atom. The number of nitrogens with zero attached hydrogens (tertiary/aromatic N) is 3. The summed E-state index contributed by atoms with van der Waals surface area (Å²) < 4.78 is 1.52. The van der Waals surface area contributed by atoms with E-state index in [1.165, 1.54) is 4.68 Å². The molecule has 0 saturated heterocycles. The van der Waals surface area contributed by atoms with Gasteiger partial charge in [0.1, 0.15) is 5.69 Å². The summed E-state index contributed by atoms with van der Waals surface area (Å²) in [6.07, 6.45) is 0. The van der Waals surface area contributed by atoms with Crippen LogP contribution in [0.5, 0.6) is 0 Å². The molecule has 0 fully saturated rings. The Bertz CT molecular complexity index is 431. The first kappa shape index (κ1) is 13.5. The van der Waals surface area contributed by atoms with E-state index < -0.39 is 0 Å². The number of aryl methyl sites for hydroxylation is 2. The van der Waals surface area contributed by atoms with E-state index >= 15 is 0 Å². The summed E-state index contributed by atoms with van der Waals surface area (Å²) in [5.41, 5.74) is 0.510. The monoisotopic (exact) mass is 240 g/mol. The molecule has 1 unspecified atom stereocenters. The van der Waals surface area contributed by atoms with Crippen molar-refractivity contribution in [3.63, 3.8) is 0 Å². The molecule has 6 heteroatoms. The molecule has 6 nitrogen and oxygen atoms in total. The van der Waals surface area contributed by atoms with Gasteiger partial charge in [0.25, 0.3) is 0 Å². The summed E-state index contributed by atoms with van der Waals surface area (Å²) in [5, 5.41) is 18.3. The highest BCUT2D eigenvalue weighted by molar-refractivity contribution is 5.59. The van der Waals surface area contributed by atoms with Crippen molar-refractivity contribution in [2.75, 3.05) is 5.32 Å². The minimum absolute atomic E-state index is 0.0199. The van der Waals surface area contributed by atoms with Crippen LogP contribution in [0.1, 0.15) is 33.4 Å². The molecule has 0 aliphatic heterocycles. The summed E-state index contributed by atoms with van der Waals surface area (Å²) in [7, 11) is 1.71. The van der Waals surface area contributed by atoms with Gasteiger partial charge >= 0.3 is 5.69 Å². The number of aromatic nitrogens is 2. The van der Waals surface area contributed by atoms with Crippen molar-refractivity contribution in [3.05, 3.63) is 15.8 Å². The van der Waals surface area contributed by atoms with E-state index in [1.807, 2.05) is 6.92 Å². The standard InChI is InChI=1S/C11H20N4O2/c1-7-9(15(16)17)10(14(6)13-7)12-8(2)11(3,4)5/h8,12H,1-6H3. The van der Waals surface area contributed by atoms with Gasteiger partial charge in [-0.2, -0.15) is 5.10 Å². The molecule has 1 aromatic rings. The second-order valence-electron chi connectivity index (χ2n) is 5.40. The van der Waals surface area contributed by atoms with Gasteiger partial charge in [-0.15, -0.1) is 0 Å². The fourth-order valence-corrected chi connectivity index (χ4v) is 1.45. The molecule has 0 aliphatic rings. The summed E-state index contributed by atoms with van der Waals surface area (Å²) in [6.45, 7) is 9.90. The van der Waals surface area contributed by atoms with Gasteiger partial charge < -0.3 is 5.32 Å². The van der Waals surface area contributed by atoms with Crippen LogP contribution in [0, 0.1) is 22.5 Å². The highest BCUT2D eigenvalue weighted by atomic mass is 16.6. The Hall–Kier alpha value is -1.59. The Balaban J connectivity index is 3.10. The van der Waals surface area contributed by atoms with Crippen molar-refractivity contribution < 1.29 is 4.92 Å². The van der Waals surface area contributed by atoms with Crippen LogP contribution in [0.4, 0.5) is 11.5 Å². The first-order valence-electron chi connectivity index (χ1n) is 5.59. The average molecular weight is 240 g/mol. The second-order valence-corrected chi connectivity index (χ2v) is 5.40. The zero-order valence-electron chi connectivity index (χ0n) is 11.2. The SMILES string of the molecule is Cc1nn(C)c(NC(C)C(C)(C)C)c1[N+](=O)[O-]. The average Bonchev–Trinajstić information content (AvgIpc) is 2.39. The van der Waals surface area contributed by atoms with Gasteiger partial charge in [0.05, 0.1) is 4.92 Å². The summed E-state index contributed by atoms with van der Waals surface area (Å²) in [6, 6.07) is 0.107. The maximum Gasteiger partial charge on any atom is 0.333 e. The smallest absolute Gasteiger partial charge is 0.333 e. The van der Waals surface area contributed by atoms with Crippen molar-refractivity contribution in [2.24, 2.45) is 12.5 Å². The molecule has 0 saturated carbocycles. The normalized spacial score (nSPS) is 13.5. The molecular formula is C11H20N4O2. The molecule has 0 bridgehead atoms. The zero-order valence-corrected chi connectivity index (χ0v) is 11.2. The molecule has 1 atom stereocenters. The fraction of sp³-hybridized carbons (Fsp3) is 0.727. The van der Waals surface area contributed by atoms with E-state index in [0.717, 1.165) is 0 Å². The van der Waals surface area contributed by atoms with Gasteiger partial charge in [0.15, 0.2) is 0 Å². The van der Waals surface area contributed by atoms with Crippen molar-refractivity contribution in [1.82, 2.24) is 9.78 Å². The molecule has 1 N–H and O–H groups in total. The van der Waals surface area contributed by atoms with E-state index in [0.29, 0.717) is 11.5 Å². The third-order valence-electron chi connectivity index (χ3n) is 3.03. The molecule has 1 aromatic heterocycles. The molecule has 96 valence electrons. The molecule has 1 heterocycles. The van der Waals surface area contributed by atoms with Crippen LogP contribution in [-0.4, -0.2) is 20.7 Å². The van der Waals surface area contributed by atoms with E-state index in [9.17, 15) is 10.1 Å². The largest absolute Gasteiger partial charge is 0.362 e. The number of anilines is 1. The molecule has 0 radical (unpaired) electrons. The second kappa shape index (κ2) is 4.35. The van der Waals surface area contributed by atoms with E-state index in [1.54, 1.807) is 14.0 Å². The topological polar surface area (TPSA) is 73.0 Å². The maximum atomic E-state index is 11.0. The van der Waals surface area contributed by atoms with E-state index in [-0.39, 0.29) is 22.1 Å². The van der Waals surface area contributed by atoms with Crippen LogP contribution >= 0.6 is 0 Å². The van der Waals surface area contributed by atoms with E-state index in [2.05, 4.69) is 31.2 Å². The lowest BCUT2D eigenvalue weighted by Crippen LogP contribution is -2.31. The van der Waals surface area contributed by atoms with Crippen LogP contribution in [0.2, 0.25) is 0 Å². The molecule has 17 heavy (non-hydrogen) atoms. The third-order valence-corrected chi connectivity index (χ3v) is 3.03. The Kier molecular flexibility index (Phi) is 3.45. The summed E-state index contributed by atoms with van der Waals surface area (Å²) >= 11 is 0. The predicted octanol–water partition coefficient (Wildman–Crippen LogP) is 2.48. The fourth-order valence-electron chi connectivity index (χ4n) is 1.45. The van der Waals surface area contributed by atoms with Gasteiger partial charge in [-0.05, 0) is 19.3 Å². The Morgan fingerprint density at radius 3 is 2.41 bits per heavy atom. The highest BCUT2D eigenvalue weighted by Crippen LogP contribution is 2.30. The highest BCUT2D eigenvalue weighted by Gasteiger charge is 2.28. The van der Waals surface area contributed by atoms with Crippen molar-refractivity contribution in [1.29, 1.82) is 0 Å². The Morgan fingerprint density at radius 1 is 1.47 bits per heavy atom. The van der Waals surface area contributed by atoms with Crippen molar-refractivity contribution in [2.45, 2.75) is 40.7 Å². The van der Waals surface area contributed by atoms with Gasteiger partial charge in [-0.1, -0.05) is 20.8 Å². The first-order chi connectivity index (χ1) is 7.64. The number of nitro groups is 1. The van der Waals surface area contributed by atoms with Crippen molar-refractivity contribution in [3.8, 4) is 0 Å². The van der Waals surface area contributed by atoms with Crippen LogP contribution in [0.3, 0.4) is 0 Å².